The van der Waals surface area contributed by atoms with E-state index in [1.54, 1.807) is 0 Å². The van der Waals surface area contributed by atoms with Gasteiger partial charge in [0.15, 0.2) is 5.78 Å². The van der Waals surface area contributed by atoms with Crippen LogP contribution in [-0.4, -0.2) is 22.2 Å². The van der Waals surface area contributed by atoms with Gasteiger partial charge in [0, 0.05) is 13.3 Å². The van der Waals surface area contributed by atoms with Gasteiger partial charge in [0.25, 0.3) is 0 Å². The van der Waals surface area contributed by atoms with E-state index >= 15 is 0 Å². The molecular weight excluding hydrogens is 488 g/mol. The second kappa shape index (κ2) is 9.49. The van der Waals surface area contributed by atoms with Crippen molar-refractivity contribution in [2.24, 2.45) is 52.3 Å². The van der Waals surface area contributed by atoms with Crippen LogP contribution < -0.4 is 0 Å². The number of carbonyl (C=O) groups is 2. The highest BCUT2D eigenvalue weighted by atomic mass is 79.9. The summed E-state index contributed by atoms with van der Waals surface area (Å²) in [6, 6.07) is 0. The second-order valence-corrected chi connectivity index (χ2v) is 14.9. The molecule has 0 saturated heterocycles. The van der Waals surface area contributed by atoms with Gasteiger partial charge in [0.1, 0.15) is 6.10 Å². The van der Waals surface area contributed by atoms with Crippen LogP contribution >= 0.6 is 15.9 Å². The van der Waals surface area contributed by atoms with Gasteiger partial charge >= 0.3 is 5.97 Å². The van der Waals surface area contributed by atoms with Crippen LogP contribution in [0.5, 0.6) is 0 Å². The first-order chi connectivity index (χ1) is 15.8. The summed E-state index contributed by atoms with van der Waals surface area (Å²) in [5.74, 6) is 4.72. The third-order valence-electron chi connectivity index (χ3n) is 11.8. The van der Waals surface area contributed by atoms with Crippen molar-refractivity contribution in [1.82, 2.24) is 0 Å². The fraction of sp³-hybridized carbons (Fsp3) is 0.933. The number of ether oxygens (including phenoxy) is 1. The van der Waals surface area contributed by atoms with Crippen LogP contribution in [-0.2, 0) is 14.3 Å². The van der Waals surface area contributed by atoms with Crippen molar-refractivity contribution in [3.05, 3.63) is 0 Å². The SMILES string of the molecule is CC(=O)O[C@@H]1CC[C@]2(C)[C@@H](CC[C@@H]3[C@@H]4CC[C@@H]([C@H](C)CC[C@H](C)C(C)C)[C@@]4(C)CC(=O)[C@@]32Br)C1. The first-order valence-electron chi connectivity index (χ1n) is 14.2. The molecule has 0 aromatic carbocycles. The van der Waals surface area contributed by atoms with Crippen LogP contribution in [0, 0.1) is 52.3 Å². The molecule has 4 heteroatoms. The lowest BCUT2D eigenvalue weighted by Gasteiger charge is -2.64. The Kier molecular flexibility index (Phi) is 7.45. The van der Waals surface area contributed by atoms with Crippen molar-refractivity contribution in [2.75, 3.05) is 0 Å². The molecule has 0 aromatic heterocycles. The van der Waals surface area contributed by atoms with Crippen molar-refractivity contribution < 1.29 is 14.3 Å². The van der Waals surface area contributed by atoms with Gasteiger partial charge in [-0.15, -0.1) is 0 Å². The zero-order valence-electron chi connectivity index (χ0n) is 22.8. The maximum atomic E-state index is 14.2. The van der Waals surface area contributed by atoms with E-state index in [-0.39, 0.29) is 22.9 Å². The number of halogens is 1. The third kappa shape index (κ3) is 4.14. The van der Waals surface area contributed by atoms with Gasteiger partial charge in [0.2, 0.25) is 0 Å². The number of hydrogen-bond donors (Lipinski definition) is 0. The van der Waals surface area contributed by atoms with Crippen LogP contribution in [0.15, 0.2) is 0 Å². The van der Waals surface area contributed by atoms with E-state index in [1.165, 1.54) is 32.6 Å². The number of esters is 1. The standard InChI is InChI=1S/C30H49BrO3/c1-18(2)19(3)8-9-20(4)24-12-13-25-26-11-10-22-16-23(34-21(5)32)14-15-29(22,7)30(26,31)27(33)17-28(24,25)6/h18-20,22-26H,8-17H2,1-7H3/t19-,20+,22-,23+,24-,25-,26+,28+,29+,30-/m0/s1. The van der Waals surface area contributed by atoms with Gasteiger partial charge in [-0.2, -0.15) is 0 Å². The number of rotatable bonds is 6. The molecule has 0 unspecified atom stereocenters. The largest absolute Gasteiger partial charge is 0.463 e. The van der Waals surface area contributed by atoms with E-state index in [4.69, 9.17) is 4.74 Å². The highest BCUT2D eigenvalue weighted by Gasteiger charge is 2.70. The molecule has 0 N–H and O–H groups in total. The zero-order chi connectivity index (χ0) is 25.1. The Bertz CT molecular complexity index is 794. The molecule has 0 heterocycles. The Morgan fingerprint density at radius 3 is 2.35 bits per heavy atom. The van der Waals surface area contributed by atoms with Crippen LogP contribution in [0.1, 0.15) is 113 Å². The molecule has 3 nitrogen and oxygen atoms in total. The Hall–Kier alpha value is -0.380. The first kappa shape index (κ1) is 26.7. The monoisotopic (exact) mass is 536 g/mol. The van der Waals surface area contributed by atoms with E-state index in [0.29, 0.717) is 35.4 Å². The average Bonchev–Trinajstić information content (AvgIpc) is 3.09. The minimum atomic E-state index is -0.404. The Morgan fingerprint density at radius 1 is 1.03 bits per heavy atom. The molecule has 4 aliphatic rings. The number of alkyl halides is 1. The third-order valence-corrected chi connectivity index (χ3v) is 13.7. The molecular formula is C30H49BrO3. The number of fused-ring (bicyclic) bond motifs is 5. The molecule has 0 radical (unpaired) electrons. The smallest absolute Gasteiger partial charge is 0.302 e. The van der Waals surface area contributed by atoms with Gasteiger partial charge in [-0.25, -0.2) is 0 Å². The highest BCUT2D eigenvalue weighted by Crippen LogP contribution is 2.71. The summed E-state index contributed by atoms with van der Waals surface area (Å²) in [6.07, 6.45) is 11.0. The van der Waals surface area contributed by atoms with Gasteiger partial charge in [0.05, 0.1) is 4.32 Å². The topological polar surface area (TPSA) is 43.4 Å². The van der Waals surface area contributed by atoms with Crippen LogP contribution in [0.4, 0.5) is 0 Å². The molecule has 4 saturated carbocycles. The minimum absolute atomic E-state index is 0.0251. The molecule has 10 atom stereocenters. The normalized spacial score (nSPS) is 45.8. The number of carbonyl (C=O) groups excluding carboxylic acids is 2. The predicted molar refractivity (Wildman–Crippen MR) is 142 cm³/mol. The predicted octanol–water partition coefficient (Wildman–Crippen LogP) is 7.98. The lowest BCUT2D eigenvalue weighted by molar-refractivity contribution is -0.163. The van der Waals surface area contributed by atoms with Crippen LogP contribution in [0.2, 0.25) is 0 Å². The number of hydrogen-bond acceptors (Lipinski definition) is 3. The lowest BCUT2D eigenvalue weighted by Crippen LogP contribution is -2.67. The van der Waals surface area contributed by atoms with Crippen molar-refractivity contribution in [2.45, 2.75) is 123 Å². The fourth-order valence-corrected chi connectivity index (χ4v) is 10.5. The van der Waals surface area contributed by atoms with Crippen molar-refractivity contribution in [3.8, 4) is 0 Å². The molecule has 0 spiro atoms. The summed E-state index contributed by atoms with van der Waals surface area (Å²) in [5, 5.41) is 0. The maximum absolute atomic E-state index is 14.2. The van der Waals surface area contributed by atoms with Gasteiger partial charge in [-0.1, -0.05) is 70.3 Å². The molecule has 194 valence electrons. The molecule has 0 aromatic rings. The average molecular weight is 538 g/mol. The number of ketones is 1. The summed E-state index contributed by atoms with van der Waals surface area (Å²) in [7, 11) is 0. The summed E-state index contributed by atoms with van der Waals surface area (Å²) < 4.78 is 5.22. The summed E-state index contributed by atoms with van der Waals surface area (Å²) >= 11 is 4.23. The van der Waals surface area contributed by atoms with Gasteiger partial charge in [-0.05, 0) is 97.2 Å². The molecule has 4 aliphatic carbocycles. The summed E-state index contributed by atoms with van der Waals surface area (Å²) in [6.45, 7) is 15.9. The van der Waals surface area contributed by atoms with Crippen molar-refractivity contribution >= 4 is 27.7 Å². The molecule has 0 amide bonds. The van der Waals surface area contributed by atoms with E-state index < -0.39 is 4.32 Å². The summed E-state index contributed by atoms with van der Waals surface area (Å²) in [5.41, 5.74) is 0.110. The Balaban J connectivity index is 1.54. The first-order valence-corrected chi connectivity index (χ1v) is 15.0. The molecule has 34 heavy (non-hydrogen) atoms. The summed E-state index contributed by atoms with van der Waals surface area (Å²) in [4.78, 5) is 25.8. The molecule has 0 aliphatic heterocycles. The Morgan fingerprint density at radius 2 is 1.71 bits per heavy atom. The lowest BCUT2D eigenvalue weighted by atomic mass is 9.44. The van der Waals surface area contributed by atoms with E-state index in [0.717, 1.165) is 50.4 Å². The maximum Gasteiger partial charge on any atom is 0.302 e. The molecule has 4 rings (SSSR count). The minimum Gasteiger partial charge on any atom is -0.463 e. The van der Waals surface area contributed by atoms with Crippen molar-refractivity contribution in [3.63, 3.8) is 0 Å². The fourth-order valence-electron chi connectivity index (χ4n) is 9.31. The van der Waals surface area contributed by atoms with E-state index in [2.05, 4.69) is 57.5 Å². The molecule has 4 fully saturated rings. The second-order valence-electron chi connectivity index (χ2n) is 13.7. The quantitative estimate of drug-likeness (QED) is 0.255. The Labute approximate surface area is 217 Å². The number of Topliss-reactive ketones (excluding diaryl/α,β-unsaturated/α-hetero) is 1. The van der Waals surface area contributed by atoms with E-state index in [9.17, 15) is 9.59 Å². The van der Waals surface area contributed by atoms with Gasteiger partial charge in [-0.3, -0.25) is 9.59 Å². The van der Waals surface area contributed by atoms with Crippen LogP contribution in [0.25, 0.3) is 0 Å². The van der Waals surface area contributed by atoms with Gasteiger partial charge < -0.3 is 4.74 Å². The molecule has 0 bridgehead atoms. The van der Waals surface area contributed by atoms with E-state index in [1.807, 2.05) is 0 Å². The van der Waals surface area contributed by atoms with Crippen LogP contribution in [0.3, 0.4) is 0 Å². The highest BCUT2D eigenvalue weighted by molar-refractivity contribution is 9.10. The zero-order valence-corrected chi connectivity index (χ0v) is 24.4. The van der Waals surface area contributed by atoms with Crippen molar-refractivity contribution in [1.29, 1.82) is 0 Å².